The Morgan fingerprint density at radius 3 is 2.75 bits per heavy atom. The van der Waals surface area contributed by atoms with Gasteiger partial charge in [-0.3, -0.25) is 4.79 Å². The van der Waals surface area contributed by atoms with Gasteiger partial charge in [-0.1, -0.05) is 27.7 Å². The Kier molecular flexibility index (Phi) is 5.23. The number of carbonyl (C=O) groups is 1. The van der Waals surface area contributed by atoms with E-state index in [1.165, 1.54) is 11.8 Å². The van der Waals surface area contributed by atoms with Gasteiger partial charge in [0.25, 0.3) is 0 Å². The number of ether oxygens (including phenoxy) is 2. The standard InChI is InChI=1S/C20H16BrN3O3S/c1-26-14-5-2-11(3-6-14)18-23-19-15(20(24-18)28-10-17(22)25)9-12-8-13(21)4-7-16(12)27-19/h2-8H,9-10H2,1H3,(H2,22,25). The summed E-state index contributed by atoms with van der Waals surface area (Å²) in [6, 6.07) is 13.3. The summed E-state index contributed by atoms with van der Waals surface area (Å²) in [5.41, 5.74) is 8.05. The monoisotopic (exact) mass is 457 g/mol. The lowest BCUT2D eigenvalue weighted by Crippen LogP contribution is -2.14. The number of amides is 1. The zero-order chi connectivity index (χ0) is 19.7. The zero-order valence-corrected chi connectivity index (χ0v) is 17.3. The van der Waals surface area contributed by atoms with Crippen LogP contribution >= 0.6 is 27.7 Å². The van der Waals surface area contributed by atoms with Gasteiger partial charge in [0.15, 0.2) is 5.82 Å². The van der Waals surface area contributed by atoms with E-state index in [2.05, 4.69) is 20.9 Å². The lowest BCUT2D eigenvalue weighted by Gasteiger charge is -2.22. The number of nitrogens with two attached hydrogens (primary N) is 1. The van der Waals surface area contributed by atoms with Crippen molar-refractivity contribution >= 4 is 33.6 Å². The number of methoxy groups -OCH3 is 1. The first-order valence-corrected chi connectivity index (χ1v) is 10.2. The second kappa shape index (κ2) is 7.81. The van der Waals surface area contributed by atoms with Crippen LogP contribution in [-0.2, 0) is 11.2 Å². The van der Waals surface area contributed by atoms with Crippen molar-refractivity contribution < 1.29 is 14.3 Å². The number of hydrogen-bond acceptors (Lipinski definition) is 6. The van der Waals surface area contributed by atoms with E-state index >= 15 is 0 Å². The molecule has 0 fully saturated rings. The van der Waals surface area contributed by atoms with Crippen LogP contribution in [0.3, 0.4) is 0 Å². The third kappa shape index (κ3) is 3.83. The van der Waals surface area contributed by atoms with E-state index in [1.807, 2.05) is 42.5 Å². The van der Waals surface area contributed by atoms with E-state index in [-0.39, 0.29) is 5.75 Å². The van der Waals surface area contributed by atoms with Crippen molar-refractivity contribution in [1.29, 1.82) is 0 Å². The van der Waals surface area contributed by atoms with Crippen molar-refractivity contribution in [1.82, 2.24) is 9.97 Å². The topological polar surface area (TPSA) is 87.3 Å². The number of nitrogens with zero attached hydrogens (tertiary/aromatic N) is 2. The molecule has 6 nitrogen and oxygen atoms in total. The number of thioether (sulfide) groups is 1. The van der Waals surface area contributed by atoms with Crippen molar-refractivity contribution in [3.63, 3.8) is 0 Å². The summed E-state index contributed by atoms with van der Waals surface area (Å²) in [7, 11) is 1.62. The maximum atomic E-state index is 11.3. The van der Waals surface area contributed by atoms with Gasteiger partial charge in [-0.05, 0) is 42.5 Å². The second-order valence-corrected chi connectivity index (χ2v) is 8.03. The molecule has 1 aliphatic heterocycles. The Morgan fingerprint density at radius 2 is 2.04 bits per heavy atom. The quantitative estimate of drug-likeness (QED) is 0.357. The van der Waals surface area contributed by atoms with Crippen molar-refractivity contribution in [2.45, 2.75) is 11.4 Å². The van der Waals surface area contributed by atoms with Crippen LogP contribution in [0.1, 0.15) is 11.1 Å². The van der Waals surface area contributed by atoms with Crippen LogP contribution in [-0.4, -0.2) is 28.7 Å². The summed E-state index contributed by atoms with van der Waals surface area (Å²) < 4.78 is 12.2. The molecular weight excluding hydrogens is 442 g/mol. The Bertz CT molecular complexity index is 1060. The molecule has 142 valence electrons. The fourth-order valence-electron chi connectivity index (χ4n) is 2.89. The van der Waals surface area contributed by atoms with Gasteiger partial charge in [0.1, 0.15) is 16.5 Å². The average Bonchev–Trinajstić information content (AvgIpc) is 2.70. The van der Waals surface area contributed by atoms with Gasteiger partial charge >= 0.3 is 0 Å². The minimum absolute atomic E-state index is 0.136. The van der Waals surface area contributed by atoms with Crippen molar-refractivity contribution in [3.05, 3.63) is 58.1 Å². The van der Waals surface area contributed by atoms with Crippen molar-refractivity contribution in [2.24, 2.45) is 5.73 Å². The number of halogens is 1. The van der Waals surface area contributed by atoms with E-state index in [1.54, 1.807) is 7.11 Å². The molecule has 0 atom stereocenters. The lowest BCUT2D eigenvalue weighted by molar-refractivity contribution is -0.115. The number of fused-ring (bicyclic) bond motifs is 2. The third-order valence-corrected chi connectivity index (χ3v) is 5.76. The van der Waals surface area contributed by atoms with E-state index in [0.29, 0.717) is 23.2 Å². The first kappa shape index (κ1) is 18.8. The molecule has 4 rings (SSSR count). The van der Waals surface area contributed by atoms with Crippen LogP contribution in [0.5, 0.6) is 17.4 Å². The van der Waals surface area contributed by atoms with Crippen LogP contribution in [0.4, 0.5) is 0 Å². The summed E-state index contributed by atoms with van der Waals surface area (Å²) in [5.74, 6) is 2.28. The van der Waals surface area contributed by atoms with E-state index in [9.17, 15) is 4.79 Å². The van der Waals surface area contributed by atoms with Crippen LogP contribution in [0, 0.1) is 0 Å². The molecule has 2 aromatic carbocycles. The largest absolute Gasteiger partial charge is 0.497 e. The molecule has 28 heavy (non-hydrogen) atoms. The van der Waals surface area contributed by atoms with Crippen LogP contribution in [0.15, 0.2) is 52.0 Å². The van der Waals surface area contributed by atoms with Gasteiger partial charge in [-0.2, -0.15) is 4.98 Å². The molecule has 1 amide bonds. The highest BCUT2D eigenvalue weighted by Crippen LogP contribution is 2.41. The predicted octanol–water partition coefficient (Wildman–Crippen LogP) is 4.19. The van der Waals surface area contributed by atoms with Gasteiger partial charge in [0.2, 0.25) is 11.8 Å². The zero-order valence-electron chi connectivity index (χ0n) is 14.9. The van der Waals surface area contributed by atoms with Gasteiger partial charge in [0.05, 0.1) is 18.4 Å². The molecule has 0 aliphatic carbocycles. The van der Waals surface area contributed by atoms with Crippen LogP contribution < -0.4 is 15.2 Å². The summed E-state index contributed by atoms with van der Waals surface area (Å²) in [6.45, 7) is 0. The van der Waals surface area contributed by atoms with Crippen LogP contribution in [0.25, 0.3) is 11.4 Å². The highest BCUT2D eigenvalue weighted by Gasteiger charge is 2.24. The van der Waals surface area contributed by atoms with Gasteiger partial charge in [0, 0.05) is 22.0 Å². The summed E-state index contributed by atoms with van der Waals surface area (Å²) in [5, 5.41) is 0.695. The molecule has 2 N–H and O–H groups in total. The first-order valence-electron chi connectivity index (χ1n) is 8.46. The summed E-state index contributed by atoms with van der Waals surface area (Å²) >= 11 is 4.79. The number of hydrogen-bond donors (Lipinski definition) is 1. The molecule has 0 radical (unpaired) electrons. The molecule has 0 unspecified atom stereocenters. The molecule has 0 saturated heterocycles. The Balaban J connectivity index is 1.78. The number of carbonyl (C=O) groups excluding carboxylic acids is 1. The van der Waals surface area contributed by atoms with E-state index < -0.39 is 5.91 Å². The van der Waals surface area contributed by atoms with E-state index in [0.717, 1.165) is 32.7 Å². The highest BCUT2D eigenvalue weighted by atomic mass is 79.9. The summed E-state index contributed by atoms with van der Waals surface area (Å²) in [6.07, 6.45) is 0.619. The summed E-state index contributed by atoms with van der Waals surface area (Å²) in [4.78, 5) is 20.6. The SMILES string of the molecule is COc1ccc(-c2nc3c(c(SCC(N)=O)n2)Cc2cc(Br)ccc2O3)cc1. The molecule has 8 heteroatoms. The first-order chi connectivity index (χ1) is 13.5. The highest BCUT2D eigenvalue weighted by molar-refractivity contribution is 9.10. The molecule has 1 aromatic heterocycles. The minimum Gasteiger partial charge on any atom is -0.497 e. The normalized spacial score (nSPS) is 11.9. The molecule has 0 bridgehead atoms. The number of aromatic nitrogens is 2. The van der Waals surface area contributed by atoms with Gasteiger partial charge in [-0.25, -0.2) is 4.98 Å². The number of benzene rings is 2. The minimum atomic E-state index is -0.400. The van der Waals surface area contributed by atoms with Gasteiger partial charge in [-0.15, -0.1) is 0 Å². The van der Waals surface area contributed by atoms with Crippen molar-refractivity contribution in [2.75, 3.05) is 12.9 Å². The fourth-order valence-corrected chi connectivity index (χ4v) is 4.06. The molecule has 1 aliphatic rings. The predicted molar refractivity (Wildman–Crippen MR) is 111 cm³/mol. The Morgan fingerprint density at radius 1 is 1.25 bits per heavy atom. The molecular formula is C20H16BrN3O3S. The number of rotatable bonds is 5. The lowest BCUT2D eigenvalue weighted by atomic mass is 10.0. The van der Waals surface area contributed by atoms with E-state index in [4.69, 9.17) is 20.2 Å². The molecule has 3 aromatic rings. The average molecular weight is 458 g/mol. The van der Waals surface area contributed by atoms with Gasteiger partial charge < -0.3 is 15.2 Å². The second-order valence-electron chi connectivity index (χ2n) is 6.15. The Labute approximate surface area is 174 Å². The maximum Gasteiger partial charge on any atom is 0.227 e. The fraction of sp³-hybridized carbons (Fsp3) is 0.150. The smallest absolute Gasteiger partial charge is 0.227 e. The third-order valence-electron chi connectivity index (χ3n) is 4.23. The maximum absolute atomic E-state index is 11.3. The number of primary amides is 1. The molecule has 0 saturated carbocycles. The Hall–Kier alpha value is -2.58. The van der Waals surface area contributed by atoms with Crippen LogP contribution in [0.2, 0.25) is 0 Å². The molecule has 0 spiro atoms. The molecule has 2 heterocycles. The van der Waals surface area contributed by atoms with Crippen molar-refractivity contribution in [3.8, 4) is 28.8 Å².